The third-order valence-corrected chi connectivity index (χ3v) is 11.9. The van der Waals surface area contributed by atoms with Crippen LogP contribution in [0.3, 0.4) is 0 Å². The van der Waals surface area contributed by atoms with Gasteiger partial charge in [0.2, 0.25) is 6.29 Å². The van der Waals surface area contributed by atoms with E-state index in [0.717, 1.165) is 5.56 Å². The summed E-state index contributed by atoms with van der Waals surface area (Å²) in [6, 6.07) is 14.7. The monoisotopic (exact) mass is 911 g/mol. The minimum Gasteiger partial charge on any atom is -0.504 e. The van der Waals surface area contributed by atoms with Crippen LogP contribution in [0.25, 0.3) is 0 Å². The molecule has 1 saturated heterocycles. The molecule has 2 amide bonds. The van der Waals surface area contributed by atoms with Crippen molar-refractivity contribution < 1.29 is 86.5 Å². The van der Waals surface area contributed by atoms with Crippen molar-refractivity contribution in [2.75, 3.05) is 13.6 Å². The first-order chi connectivity index (χ1) is 30.7. The van der Waals surface area contributed by atoms with Gasteiger partial charge in [-0.3, -0.25) is 28.9 Å². The average Bonchev–Trinajstić information content (AvgIpc) is 3.61. The van der Waals surface area contributed by atoms with Crippen LogP contribution in [0.4, 0.5) is 13.2 Å². The minimum absolute atomic E-state index is 0.0567. The maximum absolute atomic E-state index is 14.1. The molecule has 4 aliphatic rings. The zero-order valence-corrected chi connectivity index (χ0v) is 34.4. The lowest BCUT2D eigenvalue weighted by Crippen LogP contribution is -2.71. The Morgan fingerprint density at radius 2 is 1.38 bits per heavy atom. The Kier molecular flexibility index (Phi) is 14.0. The van der Waals surface area contributed by atoms with Gasteiger partial charge in [-0.05, 0) is 61.7 Å². The number of rotatable bonds is 14. The number of carbonyl (C=O) groups excluding carboxylic acids is 5. The van der Waals surface area contributed by atoms with E-state index < -0.39 is 108 Å². The number of aromatic hydroxyl groups is 1. The number of alkyl halides is 3. The van der Waals surface area contributed by atoms with Gasteiger partial charge in [0.1, 0.15) is 23.4 Å². The summed E-state index contributed by atoms with van der Waals surface area (Å²) in [5, 5.41) is 56.6. The SMILES string of the molecule is CN1CCC[C@]23c4c5ccc(O)c4O[C@H]2C(OC(=O)C[C@H](NC(=O)[C@@H](O)c2ccccc2)C(=O)O)=CC[C@@]3(OC(=O)C[C@H](NC(=O)[C@@H](O)c2ccccc2)C(=O)O)[C@H]1C5.O=CC(F)(F)F. The van der Waals surface area contributed by atoms with Crippen molar-refractivity contribution in [1.29, 1.82) is 0 Å². The number of ether oxygens (including phenoxy) is 3. The fourth-order valence-corrected chi connectivity index (χ4v) is 9.09. The minimum atomic E-state index is -4.64. The summed E-state index contributed by atoms with van der Waals surface area (Å²) >= 11 is 0. The Morgan fingerprint density at radius 1 is 0.862 bits per heavy atom. The van der Waals surface area contributed by atoms with E-state index in [1.807, 2.05) is 11.9 Å². The third-order valence-electron chi connectivity index (χ3n) is 11.9. The van der Waals surface area contributed by atoms with E-state index in [4.69, 9.17) is 19.0 Å². The van der Waals surface area contributed by atoms with Crippen molar-refractivity contribution in [1.82, 2.24) is 15.5 Å². The lowest BCUT2D eigenvalue weighted by molar-refractivity contribution is -0.192. The Morgan fingerprint density at radius 3 is 1.89 bits per heavy atom. The van der Waals surface area contributed by atoms with Crippen LogP contribution < -0.4 is 15.4 Å². The number of phenols is 1. The van der Waals surface area contributed by atoms with Crippen LogP contribution in [0, 0.1) is 0 Å². The molecule has 21 heteroatoms. The molecule has 3 aromatic carbocycles. The number of benzene rings is 3. The van der Waals surface area contributed by atoms with Gasteiger partial charge in [0.15, 0.2) is 29.8 Å². The second kappa shape index (κ2) is 19.1. The molecule has 3 aromatic rings. The first-order valence-corrected chi connectivity index (χ1v) is 20.1. The Balaban J connectivity index is 0.00000109. The van der Waals surface area contributed by atoms with Gasteiger partial charge >= 0.3 is 30.1 Å². The molecule has 7 rings (SSSR count). The van der Waals surface area contributed by atoms with Crippen LogP contribution in [0.1, 0.15) is 66.6 Å². The van der Waals surface area contributed by atoms with Crippen molar-refractivity contribution in [3.05, 3.63) is 107 Å². The number of phenolic OH excluding ortho intramolecular Hbond substituents is 1. The lowest BCUT2D eigenvalue weighted by atomic mass is 9.52. The normalized spacial score (nSPS) is 23.4. The van der Waals surface area contributed by atoms with Gasteiger partial charge < -0.3 is 50.4 Å². The summed E-state index contributed by atoms with van der Waals surface area (Å²) in [7, 11) is 1.86. The molecule has 0 aromatic heterocycles. The van der Waals surface area contributed by atoms with Gasteiger partial charge in [-0.15, -0.1) is 0 Å². The maximum Gasteiger partial charge on any atom is 0.446 e. The summed E-state index contributed by atoms with van der Waals surface area (Å²) in [5.74, 6) is -7.48. The number of carboxylic acid groups (broad SMARTS) is 2. The molecule has 0 radical (unpaired) electrons. The first kappa shape index (κ1) is 47.6. The Bertz CT molecular complexity index is 2360. The fourth-order valence-electron chi connectivity index (χ4n) is 9.09. The fraction of sp³-hybridized carbons (Fsp3) is 0.386. The highest BCUT2D eigenvalue weighted by Gasteiger charge is 2.73. The predicted octanol–water partition coefficient (Wildman–Crippen LogP) is 2.29. The van der Waals surface area contributed by atoms with Crippen LogP contribution >= 0.6 is 0 Å². The van der Waals surface area contributed by atoms with Crippen molar-refractivity contribution in [3.8, 4) is 11.5 Å². The number of halogens is 3. The van der Waals surface area contributed by atoms with E-state index in [2.05, 4.69) is 10.6 Å². The van der Waals surface area contributed by atoms with Crippen molar-refractivity contribution in [3.63, 3.8) is 0 Å². The molecule has 346 valence electrons. The second-order valence-electron chi connectivity index (χ2n) is 15.9. The standard InChI is InChI=1S/C42H43N3O14.C2HF3O/c1-45-18-8-16-41-32-24-13-14-27(46)35(32)58-36(41)28(57-30(47)20-25(39(53)54)43-37(51)33(49)22-9-4-2-5-10-22)15-17-42(41,29(45)19-24)59-31(48)21-26(40(55)56)44-38(52)34(50)23-11-6-3-7-12-23;3-2(4,5)1-6/h2-7,9-15,25-26,29,33-34,36,46,49-50H,8,16-21H2,1H3,(H,43,51)(H,44,52)(H,53,54)(H,55,56);1H/t25-,26-,29+,33-,34-,36-,41-,42+;/m0./s1. The van der Waals surface area contributed by atoms with E-state index in [1.165, 1.54) is 36.4 Å². The smallest absolute Gasteiger partial charge is 0.446 e. The van der Waals surface area contributed by atoms with Gasteiger partial charge in [-0.25, -0.2) is 9.59 Å². The molecule has 2 heterocycles. The molecule has 2 aliphatic carbocycles. The molecule has 2 aliphatic heterocycles. The summed E-state index contributed by atoms with van der Waals surface area (Å²) in [4.78, 5) is 88.8. The number of hydrogen-bond donors (Lipinski definition) is 7. The number of carboxylic acids is 2. The molecule has 0 saturated carbocycles. The zero-order chi connectivity index (χ0) is 47.4. The number of amides is 2. The van der Waals surface area contributed by atoms with Gasteiger partial charge in [0, 0.05) is 12.0 Å². The number of aliphatic carboxylic acids is 2. The molecular weight excluding hydrogens is 867 g/mol. The number of likely N-dealkylation sites (N-methyl/N-ethyl adjacent to an activating group) is 1. The van der Waals surface area contributed by atoms with Gasteiger partial charge in [0.25, 0.3) is 11.8 Å². The van der Waals surface area contributed by atoms with E-state index in [9.17, 15) is 67.5 Å². The maximum atomic E-state index is 14.1. The highest BCUT2D eigenvalue weighted by atomic mass is 19.4. The summed E-state index contributed by atoms with van der Waals surface area (Å²) in [6.07, 6.45) is -9.51. The number of hydrogen-bond acceptors (Lipinski definition) is 14. The number of nitrogens with zero attached hydrogens (tertiary/aromatic N) is 1. The van der Waals surface area contributed by atoms with Crippen molar-refractivity contribution in [2.45, 2.75) is 92.2 Å². The topological polar surface area (TPSA) is 276 Å². The largest absolute Gasteiger partial charge is 0.504 e. The van der Waals surface area contributed by atoms with E-state index in [-0.39, 0.29) is 41.2 Å². The summed E-state index contributed by atoms with van der Waals surface area (Å²) in [6.45, 7) is 0.531. The number of aliphatic hydroxyl groups excluding tert-OH is 2. The molecule has 7 N–H and O–H groups in total. The third kappa shape index (κ3) is 9.66. The van der Waals surface area contributed by atoms with Crippen LogP contribution in [0.2, 0.25) is 0 Å². The second-order valence-corrected chi connectivity index (χ2v) is 15.9. The highest BCUT2D eigenvalue weighted by Crippen LogP contribution is 2.66. The van der Waals surface area contributed by atoms with Crippen LogP contribution in [-0.4, -0.2) is 122 Å². The van der Waals surface area contributed by atoms with Gasteiger partial charge in [-0.1, -0.05) is 66.7 Å². The van der Waals surface area contributed by atoms with E-state index in [0.29, 0.717) is 24.9 Å². The molecule has 0 unspecified atom stereocenters. The Labute approximate surface area is 367 Å². The van der Waals surface area contributed by atoms with Crippen LogP contribution in [-0.2, 0) is 54.9 Å². The number of likely N-dealkylation sites (tertiary alicyclic amines) is 1. The number of carbonyl (C=O) groups is 7. The van der Waals surface area contributed by atoms with Crippen LogP contribution in [0.15, 0.2) is 84.6 Å². The summed E-state index contributed by atoms with van der Waals surface area (Å²) in [5.41, 5.74) is -1.11. The molecular formula is C44H44F3N3O15. The Hall–Kier alpha value is -6.84. The van der Waals surface area contributed by atoms with Crippen molar-refractivity contribution in [2.24, 2.45) is 0 Å². The van der Waals surface area contributed by atoms with E-state index >= 15 is 0 Å². The summed E-state index contributed by atoms with van der Waals surface area (Å²) < 4.78 is 50.0. The highest BCUT2D eigenvalue weighted by molar-refractivity contribution is 5.90. The van der Waals surface area contributed by atoms with E-state index in [1.54, 1.807) is 42.5 Å². The molecule has 2 bridgehead atoms. The molecule has 18 nitrogen and oxygen atoms in total. The number of aldehydes is 1. The average molecular weight is 912 g/mol. The first-order valence-electron chi connectivity index (χ1n) is 20.1. The van der Waals surface area contributed by atoms with Gasteiger partial charge in [0.05, 0.1) is 24.3 Å². The van der Waals surface area contributed by atoms with Gasteiger partial charge in [-0.2, -0.15) is 13.2 Å². The molecule has 8 atom stereocenters. The van der Waals surface area contributed by atoms with Crippen molar-refractivity contribution >= 4 is 42.0 Å². The lowest BCUT2D eigenvalue weighted by Gasteiger charge is -2.58. The molecule has 65 heavy (non-hydrogen) atoms. The molecule has 1 fully saturated rings. The van der Waals surface area contributed by atoms with Crippen LogP contribution in [0.5, 0.6) is 11.5 Å². The zero-order valence-electron chi connectivity index (χ0n) is 34.4. The molecule has 1 spiro atoms. The predicted molar refractivity (Wildman–Crippen MR) is 214 cm³/mol. The quantitative estimate of drug-likeness (QED) is 0.0903. The number of aliphatic hydroxyl groups is 2. The number of nitrogens with one attached hydrogen (secondary N) is 2. The number of esters is 2.